The van der Waals surface area contributed by atoms with Gasteiger partial charge in [0.1, 0.15) is 12.9 Å². The topological polar surface area (TPSA) is 56.3 Å². The van der Waals surface area contributed by atoms with E-state index in [-0.39, 0.29) is 0 Å². The summed E-state index contributed by atoms with van der Waals surface area (Å²) in [6.07, 6.45) is 2.41. The van der Waals surface area contributed by atoms with Gasteiger partial charge >= 0.3 is 0 Å². The van der Waals surface area contributed by atoms with Crippen molar-refractivity contribution >= 4 is 0 Å². The molecule has 1 N–H and O–H groups in total. The van der Waals surface area contributed by atoms with Crippen LogP contribution in [0.5, 0.6) is 11.8 Å². The van der Waals surface area contributed by atoms with Crippen LogP contribution in [0, 0.1) is 0 Å². The summed E-state index contributed by atoms with van der Waals surface area (Å²) in [6.45, 7) is 8.29. The summed E-state index contributed by atoms with van der Waals surface area (Å²) in [7, 11) is 0. The maximum atomic E-state index is 5.48. The van der Waals surface area contributed by atoms with Gasteiger partial charge in [-0.25, -0.2) is 9.97 Å². The highest BCUT2D eigenvalue weighted by molar-refractivity contribution is 5.18. The Hall–Kier alpha value is -1.36. The molecule has 17 heavy (non-hydrogen) atoms. The molecule has 0 spiro atoms. The smallest absolute Gasteiger partial charge is 0.220 e. The van der Waals surface area contributed by atoms with Crippen molar-refractivity contribution in [1.82, 2.24) is 15.3 Å². The molecule has 0 atom stereocenters. The van der Waals surface area contributed by atoms with Gasteiger partial charge in [0.2, 0.25) is 11.8 Å². The van der Waals surface area contributed by atoms with E-state index in [0.717, 1.165) is 13.0 Å². The zero-order valence-corrected chi connectivity index (χ0v) is 10.8. The van der Waals surface area contributed by atoms with Crippen molar-refractivity contribution in [3.63, 3.8) is 0 Å². The average Bonchev–Trinajstić information content (AvgIpc) is 2.32. The van der Waals surface area contributed by atoms with Crippen LogP contribution in [0.25, 0.3) is 0 Å². The van der Waals surface area contributed by atoms with Gasteiger partial charge in [0, 0.05) is 12.6 Å². The fraction of sp³-hybridized carbons (Fsp3) is 0.667. The van der Waals surface area contributed by atoms with Crippen molar-refractivity contribution in [2.45, 2.75) is 33.2 Å². The molecule has 5 heteroatoms. The maximum Gasteiger partial charge on any atom is 0.220 e. The van der Waals surface area contributed by atoms with Crippen molar-refractivity contribution in [2.75, 3.05) is 19.8 Å². The Morgan fingerprint density at radius 3 is 2.41 bits per heavy atom. The molecule has 0 aromatic carbocycles. The molecule has 0 aliphatic rings. The van der Waals surface area contributed by atoms with Gasteiger partial charge in [-0.15, -0.1) is 0 Å². The van der Waals surface area contributed by atoms with Crippen LogP contribution in [-0.4, -0.2) is 35.8 Å². The lowest BCUT2D eigenvalue weighted by Gasteiger charge is -2.09. The second kappa shape index (κ2) is 7.84. The predicted octanol–water partition coefficient (Wildman–Crippen LogP) is 1.64. The molecular formula is C12H21N3O2. The summed E-state index contributed by atoms with van der Waals surface area (Å²) < 4.78 is 10.9. The van der Waals surface area contributed by atoms with Crippen molar-refractivity contribution in [3.8, 4) is 11.8 Å². The Balaban J connectivity index is 2.32. The number of nitrogens with one attached hydrogen (secondary N) is 1. The first-order valence-electron chi connectivity index (χ1n) is 6.03. The molecule has 0 amide bonds. The zero-order valence-electron chi connectivity index (χ0n) is 10.8. The minimum atomic E-state index is 0.465. The van der Waals surface area contributed by atoms with Crippen LogP contribution in [0.3, 0.4) is 0 Å². The summed E-state index contributed by atoms with van der Waals surface area (Å²) in [5.41, 5.74) is 0. The SMILES string of the molecule is CCCOc1cc(OCCNC(C)C)ncn1. The molecule has 0 saturated heterocycles. The average molecular weight is 239 g/mol. The molecule has 1 rings (SSSR count). The van der Waals surface area contributed by atoms with E-state index in [1.165, 1.54) is 6.33 Å². The molecule has 0 bridgehead atoms. The third-order valence-corrected chi connectivity index (χ3v) is 1.98. The monoisotopic (exact) mass is 239 g/mol. The maximum absolute atomic E-state index is 5.48. The minimum absolute atomic E-state index is 0.465. The van der Waals surface area contributed by atoms with Crippen LogP contribution in [-0.2, 0) is 0 Å². The molecule has 1 aromatic rings. The normalized spacial score (nSPS) is 10.6. The standard InChI is InChI=1S/C12H21N3O2/c1-4-6-16-11-8-12(15-9-14-11)17-7-5-13-10(2)3/h8-10,13H,4-7H2,1-3H3. The van der Waals surface area contributed by atoms with E-state index >= 15 is 0 Å². The Labute approximate surface area is 103 Å². The highest BCUT2D eigenvalue weighted by atomic mass is 16.5. The summed E-state index contributed by atoms with van der Waals surface area (Å²) >= 11 is 0. The fourth-order valence-corrected chi connectivity index (χ4v) is 1.19. The number of rotatable bonds is 8. The van der Waals surface area contributed by atoms with Crippen LogP contribution < -0.4 is 14.8 Å². The molecule has 0 aliphatic carbocycles. The third-order valence-electron chi connectivity index (χ3n) is 1.98. The summed E-state index contributed by atoms with van der Waals surface area (Å²) in [6, 6.07) is 2.18. The van der Waals surface area contributed by atoms with E-state index in [0.29, 0.717) is 31.0 Å². The first-order chi connectivity index (χ1) is 8.22. The van der Waals surface area contributed by atoms with Gasteiger partial charge in [0.15, 0.2) is 0 Å². The molecule has 0 radical (unpaired) electrons. The van der Waals surface area contributed by atoms with Gasteiger partial charge in [-0.1, -0.05) is 20.8 Å². The Morgan fingerprint density at radius 2 is 1.82 bits per heavy atom. The Morgan fingerprint density at radius 1 is 1.18 bits per heavy atom. The van der Waals surface area contributed by atoms with E-state index in [4.69, 9.17) is 9.47 Å². The summed E-state index contributed by atoms with van der Waals surface area (Å²) in [5.74, 6) is 1.12. The molecule has 0 fully saturated rings. The Kier molecular flexibility index (Phi) is 6.32. The fourth-order valence-electron chi connectivity index (χ4n) is 1.19. The quantitative estimate of drug-likeness (QED) is 0.699. The van der Waals surface area contributed by atoms with Crippen molar-refractivity contribution in [3.05, 3.63) is 12.4 Å². The van der Waals surface area contributed by atoms with Gasteiger partial charge in [-0.05, 0) is 6.42 Å². The van der Waals surface area contributed by atoms with E-state index in [1.54, 1.807) is 6.07 Å². The largest absolute Gasteiger partial charge is 0.478 e. The van der Waals surface area contributed by atoms with Gasteiger partial charge in [0.05, 0.1) is 12.7 Å². The predicted molar refractivity (Wildman–Crippen MR) is 66.5 cm³/mol. The third kappa shape index (κ3) is 6.06. The molecule has 96 valence electrons. The molecule has 5 nitrogen and oxygen atoms in total. The van der Waals surface area contributed by atoms with Crippen LogP contribution in [0.1, 0.15) is 27.2 Å². The molecule has 0 aliphatic heterocycles. The van der Waals surface area contributed by atoms with E-state index in [1.807, 2.05) is 0 Å². The van der Waals surface area contributed by atoms with Crippen molar-refractivity contribution in [2.24, 2.45) is 0 Å². The van der Waals surface area contributed by atoms with E-state index in [2.05, 4.69) is 36.1 Å². The molecular weight excluding hydrogens is 218 g/mol. The number of aromatic nitrogens is 2. The van der Waals surface area contributed by atoms with Crippen molar-refractivity contribution < 1.29 is 9.47 Å². The first kappa shape index (κ1) is 13.7. The molecule has 1 heterocycles. The second-order valence-electron chi connectivity index (χ2n) is 4.00. The van der Waals surface area contributed by atoms with Gasteiger partial charge in [-0.2, -0.15) is 0 Å². The first-order valence-corrected chi connectivity index (χ1v) is 6.03. The minimum Gasteiger partial charge on any atom is -0.478 e. The van der Waals surface area contributed by atoms with E-state index < -0.39 is 0 Å². The van der Waals surface area contributed by atoms with E-state index in [9.17, 15) is 0 Å². The summed E-state index contributed by atoms with van der Waals surface area (Å²) in [4.78, 5) is 8.03. The number of nitrogens with zero attached hydrogens (tertiary/aromatic N) is 2. The molecule has 0 saturated carbocycles. The highest BCUT2D eigenvalue weighted by Crippen LogP contribution is 2.12. The lowest BCUT2D eigenvalue weighted by molar-refractivity contribution is 0.282. The zero-order chi connectivity index (χ0) is 12.5. The van der Waals surface area contributed by atoms with Crippen LogP contribution >= 0.6 is 0 Å². The second-order valence-corrected chi connectivity index (χ2v) is 4.00. The van der Waals surface area contributed by atoms with Crippen LogP contribution in [0.15, 0.2) is 12.4 Å². The van der Waals surface area contributed by atoms with Gasteiger partial charge in [-0.3, -0.25) is 0 Å². The Bertz CT molecular complexity index is 318. The van der Waals surface area contributed by atoms with Crippen LogP contribution in [0.4, 0.5) is 0 Å². The molecule has 0 unspecified atom stereocenters. The van der Waals surface area contributed by atoms with Crippen LogP contribution in [0.2, 0.25) is 0 Å². The lowest BCUT2D eigenvalue weighted by Crippen LogP contribution is -2.27. The molecule has 1 aromatic heterocycles. The van der Waals surface area contributed by atoms with Gasteiger partial charge < -0.3 is 14.8 Å². The number of ether oxygens (including phenoxy) is 2. The number of hydrogen-bond acceptors (Lipinski definition) is 5. The number of hydrogen-bond donors (Lipinski definition) is 1. The summed E-state index contributed by atoms with van der Waals surface area (Å²) in [5, 5.41) is 3.26. The van der Waals surface area contributed by atoms with Gasteiger partial charge in [0.25, 0.3) is 0 Å². The van der Waals surface area contributed by atoms with Crippen molar-refractivity contribution in [1.29, 1.82) is 0 Å². The lowest BCUT2D eigenvalue weighted by atomic mass is 10.4. The highest BCUT2D eigenvalue weighted by Gasteiger charge is 2.00.